The van der Waals surface area contributed by atoms with E-state index in [2.05, 4.69) is 9.88 Å². The van der Waals surface area contributed by atoms with Crippen molar-refractivity contribution in [2.45, 2.75) is 19.6 Å². The number of carbonyl (C=O) groups is 2. The van der Waals surface area contributed by atoms with Gasteiger partial charge in [0.15, 0.2) is 17.3 Å². The van der Waals surface area contributed by atoms with E-state index in [1.165, 1.54) is 0 Å². The first kappa shape index (κ1) is 28.4. The summed E-state index contributed by atoms with van der Waals surface area (Å²) in [7, 11) is 1.55. The van der Waals surface area contributed by atoms with Crippen molar-refractivity contribution in [3.8, 4) is 11.5 Å². The Kier molecular flexibility index (Phi) is 8.13. The second kappa shape index (κ2) is 12.3. The molecule has 1 N–H and O–H groups in total. The largest absolute Gasteiger partial charge is 0.505 e. The topological polar surface area (TPSA) is 106 Å². The molecule has 0 radical (unpaired) electrons. The third-order valence-corrected chi connectivity index (χ3v) is 7.97. The van der Waals surface area contributed by atoms with Gasteiger partial charge in [0, 0.05) is 32.4 Å². The highest BCUT2D eigenvalue weighted by molar-refractivity contribution is 6.46. The maximum absolute atomic E-state index is 13.7. The zero-order valence-electron chi connectivity index (χ0n) is 24.2. The molecule has 1 atom stereocenters. The summed E-state index contributed by atoms with van der Waals surface area (Å²) in [6, 6.07) is 19.8. The predicted octanol–water partition coefficient (Wildman–Crippen LogP) is 3.98. The van der Waals surface area contributed by atoms with Crippen molar-refractivity contribution >= 4 is 23.1 Å². The highest BCUT2D eigenvalue weighted by atomic mass is 16.5. The molecule has 2 aliphatic rings. The van der Waals surface area contributed by atoms with Gasteiger partial charge in [0.25, 0.3) is 11.7 Å². The minimum atomic E-state index is -0.841. The number of likely N-dealkylation sites (tertiary alicyclic amines) is 1. The highest BCUT2D eigenvalue weighted by Gasteiger charge is 2.46. The predicted molar refractivity (Wildman–Crippen MR) is 160 cm³/mol. The van der Waals surface area contributed by atoms with Gasteiger partial charge in [-0.1, -0.05) is 42.5 Å². The fourth-order valence-electron chi connectivity index (χ4n) is 5.77. The Morgan fingerprint density at radius 2 is 1.77 bits per heavy atom. The maximum atomic E-state index is 13.7. The van der Waals surface area contributed by atoms with Crippen molar-refractivity contribution in [2.24, 2.45) is 0 Å². The van der Waals surface area contributed by atoms with Crippen LogP contribution in [0, 0.1) is 6.92 Å². The smallest absolute Gasteiger partial charge is 0.295 e. The molecule has 4 heterocycles. The number of aryl methyl sites for hydroxylation is 1. The molecular weight excluding hydrogens is 548 g/mol. The van der Waals surface area contributed by atoms with Gasteiger partial charge >= 0.3 is 0 Å². The van der Waals surface area contributed by atoms with Gasteiger partial charge in [-0.15, -0.1) is 0 Å². The number of pyridine rings is 1. The highest BCUT2D eigenvalue weighted by Crippen LogP contribution is 2.42. The van der Waals surface area contributed by atoms with E-state index in [4.69, 9.17) is 14.2 Å². The molecule has 2 fully saturated rings. The van der Waals surface area contributed by atoms with Gasteiger partial charge in [-0.05, 0) is 42.3 Å². The number of hydrogen-bond acceptors (Lipinski definition) is 8. The Morgan fingerprint density at radius 3 is 2.53 bits per heavy atom. The van der Waals surface area contributed by atoms with Crippen molar-refractivity contribution in [3.05, 3.63) is 101 Å². The number of ketones is 1. The summed E-state index contributed by atoms with van der Waals surface area (Å²) in [5.74, 6) is -0.680. The Balaban J connectivity index is 1.41. The van der Waals surface area contributed by atoms with E-state index in [1.54, 1.807) is 41.7 Å². The number of ether oxygens (including phenoxy) is 3. The number of carbonyl (C=O) groups excluding carboxylic acids is 2. The first-order valence-corrected chi connectivity index (χ1v) is 14.3. The summed E-state index contributed by atoms with van der Waals surface area (Å²) >= 11 is 0. The van der Waals surface area contributed by atoms with Crippen molar-refractivity contribution in [1.29, 1.82) is 0 Å². The number of aliphatic hydroxyl groups excluding tert-OH is 1. The van der Waals surface area contributed by atoms with E-state index in [1.807, 2.05) is 54.6 Å². The molecule has 10 heteroatoms. The fourth-order valence-corrected chi connectivity index (χ4v) is 5.77. The first-order valence-electron chi connectivity index (χ1n) is 14.3. The number of amides is 1. The summed E-state index contributed by atoms with van der Waals surface area (Å²) in [5.41, 5.74) is 3.19. The second-order valence-corrected chi connectivity index (χ2v) is 10.6. The molecule has 222 valence electrons. The summed E-state index contributed by atoms with van der Waals surface area (Å²) in [6.45, 7) is 5.72. The van der Waals surface area contributed by atoms with Crippen LogP contribution in [-0.2, 0) is 20.9 Å². The molecule has 43 heavy (non-hydrogen) atoms. The van der Waals surface area contributed by atoms with Gasteiger partial charge in [0.2, 0.25) is 0 Å². The average Bonchev–Trinajstić information content (AvgIpc) is 3.51. The summed E-state index contributed by atoms with van der Waals surface area (Å²) in [4.78, 5) is 35.6. The van der Waals surface area contributed by atoms with Crippen molar-refractivity contribution in [2.75, 3.05) is 46.5 Å². The van der Waals surface area contributed by atoms with Crippen LogP contribution in [-0.4, -0.2) is 82.5 Å². The van der Waals surface area contributed by atoms with Crippen molar-refractivity contribution in [3.63, 3.8) is 0 Å². The third kappa shape index (κ3) is 5.59. The zero-order chi connectivity index (χ0) is 29.9. The van der Waals surface area contributed by atoms with Crippen molar-refractivity contribution in [1.82, 2.24) is 19.2 Å². The number of aromatic nitrogens is 2. The Bertz CT molecular complexity index is 1680. The molecule has 0 aliphatic carbocycles. The molecule has 2 saturated heterocycles. The standard InChI is InChI=1S/C33H34N4O6/c1-22-29(36-13-7-6-10-27(36)34-22)31(38)28-30(37(33(40)32(28)39)15-14-35-16-18-42-19-17-35)24-11-12-25(26(20-24)41-2)43-21-23-8-4-3-5-9-23/h3-13,20,30,38H,14-19,21H2,1-2H3/b31-28+. The van der Waals surface area contributed by atoms with Crippen LogP contribution in [0.1, 0.15) is 28.6 Å². The van der Waals surface area contributed by atoms with Crippen molar-refractivity contribution < 1.29 is 28.9 Å². The molecule has 1 unspecified atom stereocenters. The van der Waals surface area contributed by atoms with Gasteiger partial charge in [-0.2, -0.15) is 0 Å². The zero-order valence-corrected chi connectivity index (χ0v) is 24.2. The Morgan fingerprint density at radius 1 is 1.00 bits per heavy atom. The van der Waals surface area contributed by atoms with Crippen LogP contribution < -0.4 is 9.47 Å². The number of imidazole rings is 1. The number of fused-ring (bicyclic) bond motifs is 1. The lowest BCUT2D eigenvalue weighted by Crippen LogP contribution is -2.42. The summed E-state index contributed by atoms with van der Waals surface area (Å²) in [6.07, 6.45) is 1.77. The molecule has 2 aliphatic heterocycles. The Labute approximate surface area is 249 Å². The molecule has 0 spiro atoms. The van der Waals surface area contributed by atoms with Gasteiger partial charge in [-0.3, -0.25) is 18.9 Å². The number of aliphatic hydroxyl groups is 1. The van der Waals surface area contributed by atoms with Crippen LogP contribution in [0.25, 0.3) is 11.4 Å². The summed E-state index contributed by atoms with van der Waals surface area (Å²) in [5, 5.41) is 11.8. The van der Waals surface area contributed by atoms with Gasteiger partial charge in [0.05, 0.1) is 37.6 Å². The fraction of sp³-hybridized carbons (Fsp3) is 0.303. The molecule has 0 saturated carbocycles. The molecule has 2 aromatic carbocycles. The normalized spacial score (nSPS) is 18.8. The third-order valence-electron chi connectivity index (χ3n) is 7.97. The molecule has 0 bridgehead atoms. The number of rotatable bonds is 9. The van der Waals surface area contributed by atoms with Crippen LogP contribution in [0.5, 0.6) is 11.5 Å². The second-order valence-electron chi connectivity index (χ2n) is 10.6. The number of Topliss-reactive ketones (excluding diaryl/α,β-unsaturated/α-hetero) is 1. The number of methoxy groups -OCH3 is 1. The van der Waals surface area contributed by atoms with E-state index in [-0.39, 0.29) is 11.3 Å². The average molecular weight is 583 g/mol. The number of benzene rings is 2. The first-order chi connectivity index (χ1) is 21.0. The van der Waals surface area contributed by atoms with Gasteiger partial charge < -0.3 is 24.2 Å². The molecule has 1 amide bonds. The summed E-state index contributed by atoms with van der Waals surface area (Å²) < 4.78 is 19.0. The SMILES string of the molecule is COc1cc(C2/C(=C(\O)c3c(C)nc4ccccn34)C(=O)C(=O)N2CCN2CCOCC2)ccc1OCc1ccccc1. The minimum absolute atomic E-state index is 0.0146. The lowest BCUT2D eigenvalue weighted by Gasteiger charge is -2.31. The lowest BCUT2D eigenvalue weighted by molar-refractivity contribution is -0.140. The van der Waals surface area contributed by atoms with Crippen LogP contribution in [0.15, 0.2) is 78.5 Å². The molecule has 4 aromatic rings. The van der Waals surface area contributed by atoms with E-state index in [9.17, 15) is 14.7 Å². The monoisotopic (exact) mass is 582 g/mol. The quantitative estimate of drug-likeness (QED) is 0.180. The van der Waals surface area contributed by atoms with Crippen LogP contribution in [0.2, 0.25) is 0 Å². The molecule has 2 aromatic heterocycles. The van der Waals surface area contributed by atoms with E-state index >= 15 is 0 Å². The van der Waals surface area contributed by atoms with E-state index in [0.29, 0.717) is 67.0 Å². The number of nitrogens with zero attached hydrogens (tertiary/aromatic N) is 4. The van der Waals surface area contributed by atoms with Gasteiger partial charge in [-0.25, -0.2) is 4.98 Å². The van der Waals surface area contributed by atoms with Crippen LogP contribution in [0.3, 0.4) is 0 Å². The molecular formula is C33H34N4O6. The number of hydrogen-bond donors (Lipinski definition) is 1. The van der Waals surface area contributed by atoms with Gasteiger partial charge in [0.1, 0.15) is 17.9 Å². The molecule has 10 nitrogen and oxygen atoms in total. The van der Waals surface area contributed by atoms with Crippen LogP contribution >= 0.6 is 0 Å². The maximum Gasteiger partial charge on any atom is 0.295 e. The van der Waals surface area contributed by atoms with Crippen LogP contribution in [0.4, 0.5) is 0 Å². The minimum Gasteiger partial charge on any atom is -0.505 e. The van der Waals surface area contributed by atoms with E-state index in [0.717, 1.165) is 18.7 Å². The molecule has 6 rings (SSSR count). The lowest BCUT2D eigenvalue weighted by atomic mass is 9.96. The number of morpholine rings is 1. The van der Waals surface area contributed by atoms with E-state index < -0.39 is 17.7 Å². The Hall–Kier alpha value is -4.67.